The lowest BCUT2D eigenvalue weighted by molar-refractivity contribution is -0.149. The summed E-state index contributed by atoms with van der Waals surface area (Å²) in [5.41, 5.74) is 2.25. The van der Waals surface area contributed by atoms with Crippen LogP contribution in [0, 0.1) is 42.4 Å². The molecule has 1 aliphatic carbocycles. The van der Waals surface area contributed by atoms with Crippen LogP contribution in [0.25, 0.3) is 0 Å². The van der Waals surface area contributed by atoms with Gasteiger partial charge in [-0.2, -0.15) is 0 Å². The van der Waals surface area contributed by atoms with E-state index in [0.29, 0.717) is 24.9 Å². The number of hydrogen-bond acceptors (Lipinski definition) is 8. The summed E-state index contributed by atoms with van der Waals surface area (Å²) in [6.07, 6.45) is 5.65. The molecule has 3 aliphatic rings. The smallest absolute Gasteiger partial charge is 0.226 e. The van der Waals surface area contributed by atoms with Crippen molar-refractivity contribution in [2.45, 2.75) is 142 Å². The lowest BCUT2D eigenvalue weighted by Gasteiger charge is -2.41. The van der Waals surface area contributed by atoms with E-state index in [9.17, 15) is 24.3 Å². The number of nitrogens with one attached hydrogen (secondary N) is 1. The number of rotatable bonds is 21. The predicted octanol–water partition coefficient (Wildman–Crippen LogP) is 5.40. The van der Waals surface area contributed by atoms with Crippen LogP contribution in [0.5, 0.6) is 0 Å². The molecule has 2 heterocycles. The normalized spacial score (nSPS) is 25.2. The summed E-state index contributed by atoms with van der Waals surface area (Å²) in [5, 5.41) is 13.7. The number of fused-ring (bicyclic) bond motifs is 2. The highest BCUT2D eigenvalue weighted by atomic mass is 16.5. The lowest BCUT2D eigenvalue weighted by Crippen LogP contribution is -2.54. The van der Waals surface area contributed by atoms with Gasteiger partial charge >= 0.3 is 0 Å². The third-order valence-electron chi connectivity index (χ3n) is 13.0. The first kappa shape index (κ1) is 43.1. The van der Waals surface area contributed by atoms with Crippen LogP contribution in [0.4, 0.5) is 0 Å². The van der Waals surface area contributed by atoms with Crippen molar-refractivity contribution >= 4 is 23.4 Å². The van der Waals surface area contributed by atoms with Crippen LogP contribution in [0.1, 0.15) is 104 Å². The number of aliphatic hydroxyl groups excluding tert-OH is 1. The van der Waals surface area contributed by atoms with E-state index in [-0.39, 0.29) is 85.1 Å². The van der Waals surface area contributed by atoms with Crippen LogP contribution in [-0.2, 0) is 35.1 Å². The Kier molecular flexibility index (Phi) is 16.1. The predicted molar refractivity (Wildman–Crippen MR) is 207 cm³/mol. The summed E-state index contributed by atoms with van der Waals surface area (Å²) in [6, 6.07) is 7.79. The van der Waals surface area contributed by atoms with Gasteiger partial charge in [-0.25, -0.2) is 0 Å². The third-order valence-corrected chi connectivity index (χ3v) is 13.0. The van der Waals surface area contributed by atoms with E-state index in [0.717, 1.165) is 49.7 Å². The molecule has 2 aliphatic heterocycles. The van der Waals surface area contributed by atoms with Crippen LogP contribution in [0.15, 0.2) is 24.3 Å². The molecule has 1 aromatic carbocycles. The van der Waals surface area contributed by atoms with E-state index in [1.165, 1.54) is 0 Å². The molecule has 1 aromatic rings. The van der Waals surface area contributed by atoms with E-state index >= 15 is 0 Å². The molecule has 10 nitrogen and oxygen atoms in total. The Morgan fingerprint density at radius 2 is 1.68 bits per heavy atom. The monoisotopic (exact) mass is 740 g/mol. The number of aryl methyl sites for hydroxylation is 1. The summed E-state index contributed by atoms with van der Waals surface area (Å²) in [7, 11) is 5.01. The molecule has 11 atom stereocenters. The Morgan fingerprint density at radius 3 is 2.23 bits per heavy atom. The fourth-order valence-corrected chi connectivity index (χ4v) is 9.50. The second kappa shape index (κ2) is 19.8. The maximum Gasteiger partial charge on any atom is 0.226 e. The van der Waals surface area contributed by atoms with Crippen molar-refractivity contribution in [2.24, 2.45) is 35.5 Å². The third kappa shape index (κ3) is 10.6. The lowest BCUT2D eigenvalue weighted by atomic mass is 9.83. The Labute approximate surface area is 319 Å². The van der Waals surface area contributed by atoms with Crippen molar-refractivity contribution in [3.63, 3.8) is 0 Å². The highest BCUT2D eigenvalue weighted by Crippen LogP contribution is 2.37. The van der Waals surface area contributed by atoms with Gasteiger partial charge in [-0.15, -0.1) is 0 Å². The van der Waals surface area contributed by atoms with Gasteiger partial charge < -0.3 is 29.7 Å². The number of ether oxygens (including phenoxy) is 2. The van der Waals surface area contributed by atoms with Gasteiger partial charge in [0, 0.05) is 65.1 Å². The summed E-state index contributed by atoms with van der Waals surface area (Å²) in [6.45, 7) is 12.6. The zero-order valence-electron chi connectivity index (χ0n) is 34.0. The number of ketones is 2. The first-order chi connectivity index (χ1) is 25.2. The number of nitrogens with zero attached hydrogens (tertiary/aromatic N) is 2. The molecule has 1 saturated carbocycles. The van der Waals surface area contributed by atoms with Crippen molar-refractivity contribution in [3.8, 4) is 0 Å². The molecular formula is C43H69N3O7. The topological polar surface area (TPSA) is 125 Å². The van der Waals surface area contributed by atoms with Crippen molar-refractivity contribution in [1.82, 2.24) is 15.1 Å². The highest BCUT2D eigenvalue weighted by Gasteiger charge is 2.45. The van der Waals surface area contributed by atoms with E-state index in [1.807, 2.05) is 56.9 Å². The van der Waals surface area contributed by atoms with Gasteiger partial charge in [-0.05, 0) is 74.7 Å². The number of likely N-dealkylation sites (N-methyl/N-ethyl adjacent to an activating group) is 1. The largest absolute Gasteiger partial charge is 0.396 e. The standard InChI is InChI=1S/C43H69N3O7/c1-10-28(5)41(45(7)43(51)34(26(2)3)23-37(49)40-32-17-18-33(22-32)44-40)38(52-8)24-39(50)46-19-11-12-35(46)42(53-9)29(6)36(48)21-31(25-47)20-30-15-13-27(4)14-16-30/h13-16,26,28-29,31-35,38,40-42,44,47H,10-12,17-25H2,1-9H3/t28-,29-,31+,32-,33-,34-,35-,38+,40-,41-,42+/m0/s1. The highest BCUT2D eigenvalue weighted by molar-refractivity contribution is 5.90. The number of methoxy groups -OCH3 is 2. The molecule has 2 amide bonds. The minimum absolute atomic E-state index is 0.0171. The fourth-order valence-electron chi connectivity index (χ4n) is 9.50. The molecule has 2 bridgehead atoms. The Bertz CT molecular complexity index is 1370. The van der Waals surface area contributed by atoms with Gasteiger partial charge in [0.05, 0.1) is 36.8 Å². The number of carbonyl (C=O) groups excluding carboxylic acids is 4. The molecule has 0 radical (unpaired) electrons. The number of amides is 2. The average Bonchev–Trinajstić information content (AvgIpc) is 3.92. The summed E-state index contributed by atoms with van der Waals surface area (Å²) < 4.78 is 12.1. The Morgan fingerprint density at radius 1 is 0.981 bits per heavy atom. The number of likely N-dealkylation sites (tertiary alicyclic amines) is 1. The van der Waals surface area contributed by atoms with E-state index < -0.39 is 24.0 Å². The van der Waals surface area contributed by atoms with Crippen LogP contribution >= 0.6 is 0 Å². The quantitative estimate of drug-likeness (QED) is 0.172. The van der Waals surface area contributed by atoms with Crippen molar-refractivity contribution < 1.29 is 33.8 Å². The summed E-state index contributed by atoms with van der Waals surface area (Å²) >= 11 is 0. The molecule has 2 saturated heterocycles. The molecule has 0 unspecified atom stereocenters. The van der Waals surface area contributed by atoms with Crippen molar-refractivity contribution in [2.75, 3.05) is 34.4 Å². The van der Waals surface area contributed by atoms with E-state index in [1.54, 1.807) is 26.2 Å². The summed E-state index contributed by atoms with van der Waals surface area (Å²) in [4.78, 5) is 59.3. The zero-order chi connectivity index (χ0) is 39.0. The van der Waals surface area contributed by atoms with Crippen molar-refractivity contribution in [3.05, 3.63) is 35.4 Å². The Balaban J connectivity index is 1.43. The molecule has 53 heavy (non-hydrogen) atoms. The van der Waals surface area contributed by atoms with E-state index in [4.69, 9.17) is 9.47 Å². The van der Waals surface area contributed by atoms with Crippen LogP contribution < -0.4 is 5.32 Å². The second-order valence-electron chi connectivity index (χ2n) is 16.9. The van der Waals surface area contributed by atoms with Crippen LogP contribution in [-0.4, -0.2) is 109 Å². The minimum Gasteiger partial charge on any atom is -0.396 e. The van der Waals surface area contributed by atoms with Crippen LogP contribution in [0.3, 0.4) is 0 Å². The van der Waals surface area contributed by atoms with Gasteiger partial charge in [-0.3, -0.25) is 19.2 Å². The number of carbonyl (C=O) groups is 4. The maximum absolute atomic E-state index is 14.3. The van der Waals surface area contributed by atoms with Gasteiger partial charge in [0.2, 0.25) is 11.8 Å². The Hall–Kier alpha value is -2.66. The number of piperidine rings is 1. The molecule has 0 spiro atoms. The van der Waals surface area contributed by atoms with E-state index in [2.05, 4.69) is 19.2 Å². The molecule has 4 rings (SSSR count). The number of Topliss-reactive ketones (excluding diaryl/α,β-unsaturated/α-hetero) is 2. The second-order valence-corrected chi connectivity index (χ2v) is 16.9. The molecule has 2 N–H and O–H groups in total. The molecule has 298 valence electrons. The van der Waals surface area contributed by atoms with Gasteiger partial charge in [0.15, 0.2) is 5.78 Å². The van der Waals surface area contributed by atoms with Gasteiger partial charge in [0.1, 0.15) is 5.78 Å². The van der Waals surface area contributed by atoms with Crippen LogP contribution in [0.2, 0.25) is 0 Å². The molecule has 0 aromatic heterocycles. The van der Waals surface area contributed by atoms with Gasteiger partial charge in [-0.1, -0.05) is 70.9 Å². The van der Waals surface area contributed by atoms with Gasteiger partial charge in [0.25, 0.3) is 0 Å². The first-order valence-electron chi connectivity index (χ1n) is 20.3. The SMILES string of the molecule is CC[C@H](C)[C@@H]([C@@H](CC(=O)N1CCC[C@H]1[C@H](OC)[C@@H](C)C(=O)C[C@H](CO)Cc1ccc(C)cc1)OC)N(C)C(=O)[C@@H](CC(=O)[C@H]1N[C@H]2CC[C@H]1C2)C(C)C. The average molecular weight is 740 g/mol. The number of aliphatic hydroxyl groups is 1. The first-order valence-corrected chi connectivity index (χ1v) is 20.3. The minimum atomic E-state index is -0.560. The molecule has 10 heteroatoms. The summed E-state index contributed by atoms with van der Waals surface area (Å²) in [5.74, 6) is -0.747. The molecule has 3 fully saturated rings. The molecular weight excluding hydrogens is 670 g/mol. The zero-order valence-corrected chi connectivity index (χ0v) is 34.0. The number of hydrogen-bond donors (Lipinski definition) is 2. The van der Waals surface area contributed by atoms with Crippen molar-refractivity contribution in [1.29, 1.82) is 0 Å². The number of benzene rings is 1. The maximum atomic E-state index is 14.3. The fraction of sp³-hybridized carbons (Fsp3) is 0.767.